The molecule has 1 amide bonds. The predicted octanol–water partition coefficient (Wildman–Crippen LogP) is 3.44. The number of rotatable bonds is 11. The lowest BCUT2D eigenvalue weighted by molar-refractivity contribution is -0.672. The Hall–Kier alpha value is -3.66. The second kappa shape index (κ2) is 13.4. The van der Waals surface area contributed by atoms with Crippen molar-refractivity contribution in [3.63, 3.8) is 0 Å². The summed E-state index contributed by atoms with van der Waals surface area (Å²) in [7, 11) is -4.67. The number of hydrogen-bond acceptors (Lipinski definition) is 11. The quantitative estimate of drug-likeness (QED) is 0.139. The molecule has 0 aliphatic carbocycles. The third kappa shape index (κ3) is 7.60. The topological polar surface area (TPSA) is 154 Å². The molecule has 1 unspecified atom stereocenters. The number of carboxylic acid groups (broad SMARTS) is 1. The van der Waals surface area contributed by atoms with E-state index >= 15 is 0 Å². The summed E-state index contributed by atoms with van der Waals surface area (Å²) in [6.07, 6.45) is 2.37. The number of halogens is 2. The number of fused-ring (bicyclic) bond motifs is 2. The second-order valence-corrected chi connectivity index (χ2v) is 14.3. The second-order valence-electron chi connectivity index (χ2n) is 9.88. The average molecular weight is 707 g/mol. The Kier molecular flexibility index (Phi) is 9.72. The van der Waals surface area contributed by atoms with Crippen molar-refractivity contribution in [1.29, 1.82) is 0 Å². The summed E-state index contributed by atoms with van der Waals surface area (Å²) >= 11 is 15.1. The molecule has 0 radical (unpaired) electrons. The van der Waals surface area contributed by atoms with E-state index in [2.05, 4.69) is 5.32 Å². The lowest BCUT2D eigenvalue weighted by Crippen LogP contribution is -2.52. The molecule has 3 aromatic carbocycles. The number of aliphatic carboxylic acids is 1. The Morgan fingerprint density at radius 1 is 1.09 bits per heavy atom. The molecule has 2 heterocycles. The molecule has 1 aliphatic rings. The van der Waals surface area contributed by atoms with Crippen LogP contribution in [-0.2, 0) is 26.4 Å². The highest BCUT2D eigenvalue weighted by Crippen LogP contribution is 2.48. The van der Waals surface area contributed by atoms with E-state index in [4.69, 9.17) is 23.2 Å². The molecule has 11 nitrogen and oxygen atoms in total. The summed E-state index contributed by atoms with van der Waals surface area (Å²) in [6, 6.07) is 15.2. The van der Waals surface area contributed by atoms with Crippen molar-refractivity contribution in [3.05, 3.63) is 86.3 Å². The molecule has 45 heavy (non-hydrogen) atoms. The highest BCUT2D eigenvalue weighted by Gasteiger charge is 2.30. The minimum absolute atomic E-state index is 0.0563. The molecule has 16 heteroatoms. The van der Waals surface area contributed by atoms with Crippen LogP contribution in [0.3, 0.4) is 0 Å². The Labute approximate surface area is 276 Å². The van der Waals surface area contributed by atoms with Gasteiger partial charge in [0.15, 0.2) is 0 Å². The van der Waals surface area contributed by atoms with Crippen LogP contribution in [0, 0.1) is 0 Å². The maximum atomic E-state index is 13.2. The number of amides is 1. The fourth-order valence-electron chi connectivity index (χ4n) is 4.62. The summed E-state index contributed by atoms with van der Waals surface area (Å²) in [6.45, 7) is 0.998. The third-order valence-corrected chi connectivity index (χ3v) is 10.1. The zero-order valence-electron chi connectivity index (χ0n) is 23.3. The van der Waals surface area contributed by atoms with Crippen molar-refractivity contribution in [2.75, 3.05) is 22.2 Å². The lowest BCUT2D eigenvalue weighted by Gasteiger charge is -2.31. The normalized spacial score (nSPS) is 14.4. The zero-order chi connectivity index (χ0) is 32.5. The number of benzene rings is 3. The van der Waals surface area contributed by atoms with E-state index in [1.54, 1.807) is 53.1 Å². The van der Waals surface area contributed by atoms with Crippen LogP contribution in [-0.4, -0.2) is 49.6 Å². The first-order valence-corrected chi connectivity index (χ1v) is 17.1. The van der Waals surface area contributed by atoms with Gasteiger partial charge >= 0.3 is 0 Å². The highest BCUT2D eigenvalue weighted by atomic mass is 35.5. The van der Waals surface area contributed by atoms with E-state index in [0.717, 1.165) is 4.70 Å². The first kappa shape index (κ1) is 32.7. The van der Waals surface area contributed by atoms with Gasteiger partial charge in [-0.05, 0) is 61.5 Å². The Balaban J connectivity index is 1.46. The van der Waals surface area contributed by atoms with Gasteiger partial charge < -0.3 is 24.3 Å². The molecular formula is C29H23Cl2N4O7S3-. The molecular weight excluding hydrogens is 683 g/mol. The molecule has 0 spiro atoms. The van der Waals surface area contributed by atoms with Crippen LogP contribution in [0.1, 0.15) is 22.3 Å². The number of thiazole rings is 1. The van der Waals surface area contributed by atoms with Crippen LogP contribution < -0.4 is 24.8 Å². The molecule has 0 bridgehead atoms. The molecule has 234 valence electrons. The van der Waals surface area contributed by atoms with Gasteiger partial charge in [-0.15, -0.1) is 0 Å². The van der Waals surface area contributed by atoms with Gasteiger partial charge in [-0.3, -0.25) is 14.9 Å². The fourth-order valence-corrected chi connectivity index (χ4v) is 7.87. The van der Waals surface area contributed by atoms with Gasteiger partial charge in [0.05, 0.1) is 35.3 Å². The molecule has 1 aromatic heterocycles. The van der Waals surface area contributed by atoms with E-state index in [1.165, 1.54) is 52.0 Å². The van der Waals surface area contributed by atoms with Crippen LogP contribution in [0.5, 0.6) is 0 Å². The minimum atomic E-state index is -4.67. The number of thioether (sulfide) groups is 1. The van der Waals surface area contributed by atoms with Crippen LogP contribution in [0.25, 0.3) is 16.3 Å². The molecule has 5 rings (SSSR count). The van der Waals surface area contributed by atoms with Crippen molar-refractivity contribution in [2.45, 2.75) is 24.5 Å². The van der Waals surface area contributed by atoms with E-state index in [0.29, 0.717) is 53.7 Å². The number of anilines is 2. The number of nitrogens with zero attached hydrogens (tertiary/aromatic N) is 3. The van der Waals surface area contributed by atoms with Gasteiger partial charge in [-0.25, -0.2) is 8.42 Å². The summed E-state index contributed by atoms with van der Waals surface area (Å²) in [5, 5.41) is 16.4. The molecule has 1 aliphatic heterocycles. The number of carbonyl (C=O) groups excluding carboxylic acids is 3. The van der Waals surface area contributed by atoms with Crippen molar-refractivity contribution in [3.8, 4) is 0 Å². The third-order valence-electron chi connectivity index (χ3n) is 6.84. The Bertz CT molecular complexity index is 1950. The molecule has 0 saturated heterocycles. The SMILES string of the molecule is CC(C(=O)[O-])N(CC(=O)NC[n+]1c(/C=C2\Sc3ccc(Cl)cc3N2CS(=O)(=O)[O-])sc2ccc(Cl)cc21)c1ccc(C=O)cc1. The van der Waals surface area contributed by atoms with Gasteiger partial charge in [0.25, 0.3) is 5.01 Å². The first-order valence-electron chi connectivity index (χ1n) is 13.1. The van der Waals surface area contributed by atoms with Gasteiger partial charge in [0, 0.05) is 32.3 Å². The van der Waals surface area contributed by atoms with Gasteiger partial charge in [0.1, 0.15) is 27.0 Å². The van der Waals surface area contributed by atoms with Crippen molar-refractivity contribution < 1.29 is 37.0 Å². The standard InChI is InChI=1S/C29H24Cl2N4O7S3/c1-17(29(38)39)33(21-6-2-18(14-36)3-7-21)13-26(37)32-15-34-22-10-19(30)4-8-24(22)43-27(34)12-28-35(16-45(40,41)42)23-11-20(31)5-9-25(23)44-28/h2-12,14,17H,13,15-16H2,1H3,(H2-,32,37,38,39,40,41,42)/p-1. The largest absolute Gasteiger partial charge is 0.747 e. The Morgan fingerprint density at radius 2 is 1.78 bits per heavy atom. The maximum absolute atomic E-state index is 13.2. The maximum Gasteiger partial charge on any atom is 0.267 e. The number of aromatic nitrogens is 1. The highest BCUT2D eigenvalue weighted by molar-refractivity contribution is 8.04. The van der Waals surface area contributed by atoms with Crippen LogP contribution in [0.2, 0.25) is 10.0 Å². The van der Waals surface area contributed by atoms with E-state index < -0.39 is 33.9 Å². The smallest absolute Gasteiger partial charge is 0.267 e. The van der Waals surface area contributed by atoms with E-state index in [9.17, 15) is 32.5 Å². The first-order chi connectivity index (χ1) is 21.3. The van der Waals surface area contributed by atoms with Crippen molar-refractivity contribution in [1.82, 2.24) is 5.32 Å². The molecule has 1 atom stereocenters. The number of carbonyl (C=O) groups is 3. The number of hydrogen-bond donors (Lipinski definition) is 1. The summed E-state index contributed by atoms with van der Waals surface area (Å²) in [4.78, 5) is 39.4. The monoisotopic (exact) mass is 705 g/mol. The van der Waals surface area contributed by atoms with Crippen molar-refractivity contribution in [2.24, 2.45) is 0 Å². The lowest BCUT2D eigenvalue weighted by atomic mass is 10.1. The zero-order valence-corrected chi connectivity index (χ0v) is 27.3. The van der Waals surface area contributed by atoms with Gasteiger partial charge in [0.2, 0.25) is 18.1 Å². The molecule has 0 fully saturated rings. The van der Waals surface area contributed by atoms with Crippen molar-refractivity contribution >= 4 is 102 Å². The fraction of sp³-hybridized carbons (Fsp3) is 0.172. The summed E-state index contributed by atoms with van der Waals surface area (Å²) in [5.41, 5.74) is 1.95. The van der Waals surface area contributed by atoms with Gasteiger partial charge in [-0.2, -0.15) is 4.57 Å². The van der Waals surface area contributed by atoms with Crippen LogP contribution >= 0.6 is 46.3 Å². The summed E-state index contributed by atoms with van der Waals surface area (Å²) < 4.78 is 38.1. The van der Waals surface area contributed by atoms with Crippen LogP contribution in [0.15, 0.2) is 70.6 Å². The predicted molar refractivity (Wildman–Crippen MR) is 171 cm³/mol. The van der Waals surface area contributed by atoms with E-state index in [1.807, 2.05) is 6.07 Å². The number of carboxylic acids is 1. The molecule has 1 N–H and O–H groups in total. The molecule has 0 saturated carbocycles. The van der Waals surface area contributed by atoms with E-state index in [-0.39, 0.29) is 13.2 Å². The van der Waals surface area contributed by atoms with Crippen LogP contribution in [0.4, 0.5) is 11.4 Å². The number of aldehydes is 1. The molecule has 4 aromatic rings. The van der Waals surface area contributed by atoms with Gasteiger partial charge in [-0.1, -0.05) is 46.3 Å². The Morgan fingerprint density at radius 3 is 2.44 bits per heavy atom. The summed E-state index contributed by atoms with van der Waals surface area (Å²) in [5.74, 6) is -2.70. The average Bonchev–Trinajstić information content (AvgIpc) is 3.49. The number of nitrogens with one attached hydrogen (secondary N) is 1. The minimum Gasteiger partial charge on any atom is -0.747 e.